The normalized spacial score (nSPS) is 12.8. The van der Waals surface area contributed by atoms with E-state index in [1.807, 2.05) is 6.08 Å². The van der Waals surface area contributed by atoms with Gasteiger partial charge in [0.1, 0.15) is 0 Å². The van der Waals surface area contributed by atoms with Gasteiger partial charge in [-0.2, -0.15) is 0 Å². The lowest BCUT2D eigenvalue weighted by atomic mass is 10.1. The fourth-order valence-electron chi connectivity index (χ4n) is 1.35. The lowest BCUT2D eigenvalue weighted by Crippen LogP contribution is -2.33. The standard InChI is InChI=1S/C11H23NO/c1-4-6-7-9-12-11(8-5-2)10-13-3/h4,11-12H,1,5-10H2,2-3H3. The van der Waals surface area contributed by atoms with Gasteiger partial charge in [-0.3, -0.25) is 0 Å². The molecule has 0 rings (SSSR count). The zero-order valence-corrected chi connectivity index (χ0v) is 9.01. The van der Waals surface area contributed by atoms with Gasteiger partial charge in [-0.1, -0.05) is 19.4 Å². The first-order valence-electron chi connectivity index (χ1n) is 5.18. The van der Waals surface area contributed by atoms with Crippen LogP contribution in [0.25, 0.3) is 0 Å². The predicted octanol–water partition coefficient (Wildman–Crippen LogP) is 2.36. The van der Waals surface area contributed by atoms with Crippen LogP contribution in [0.2, 0.25) is 0 Å². The molecule has 0 amide bonds. The van der Waals surface area contributed by atoms with Crippen LogP contribution < -0.4 is 5.32 Å². The van der Waals surface area contributed by atoms with Crippen molar-refractivity contribution >= 4 is 0 Å². The largest absolute Gasteiger partial charge is 0.383 e. The number of unbranched alkanes of at least 4 members (excludes halogenated alkanes) is 1. The monoisotopic (exact) mass is 185 g/mol. The smallest absolute Gasteiger partial charge is 0.0615 e. The summed E-state index contributed by atoms with van der Waals surface area (Å²) >= 11 is 0. The Bertz CT molecular complexity index is 109. The summed E-state index contributed by atoms with van der Waals surface area (Å²) in [4.78, 5) is 0. The third-order valence-electron chi connectivity index (χ3n) is 2.02. The zero-order valence-electron chi connectivity index (χ0n) is 9.01. The van der Waals surface area contributed by atoms with Gasteiger partial charge in [-0.15, -0.1) is 6.58 Å². The molecular weight excluding hydrogens is 162 g/mol. The fourth-order valence-corrected chi connectivity index (χ4v) is 1.35. The highest BCUT2D eigenvalue weighted by atomic mass is 16.5. The molecule has 13 heavy (non-hydrogen) atoms. The van der Waals surface area contributed by atoms with Gasteiger partial charge >= 0.3 is 0 Å². The van der Waals surface area contributed by atoms with Gasteiger partial charge in [0.25, 0.3) is 0 Å². The molecule has 0 aliphatic rings. The maximum Gasteiger partial charge on any atom is 0.0615 e. The van der Waals surface area contributed by atoms with Gasteiger partial charge in [-0.25, -0.2) is 0 Å². The molecule has 1 atom stereocenters. The van der Waals surface area contributed by atoms with E-state index in [2.05, 4.69) is 18.8 Å². The second-order valence-corrected chi connectivity index (χ2v) is 3.33. The Kier molecular flexibility index (Phi) is 9.49. The Balaban J connectivity index is 3.37. The van der Waals surface area contributed by atoms with Crippen LogP contribution in [0.3, 0.4) is 0 Å². The van der Waals surface area contributed by atoms with E-state index in [1.54, 1.807) is 7.11 Å². The van der Waals surface area contributed by atoms with Crippen molar-refractivity contribution in [3.63, 3.8) is 0 Å². The molecule has 0 aromatic rings. The Morgan fingerprint density at radius 3 is 2.85 bits per heavy atom. The summed E-state index contributed by atoms with van der Waals surface area (Å²) < 4.78 is 5.13. The number of methoxy groups -OCH3 is 1. The number of rotatable bonds is 9. The summed E-state index contributed by atoms with van der Waals surface area (Å²) in [6.07, 6.45) is 6.64. The van der Waals surface area contributed by atoms with Gasteiger partial charge in [-0.05, 0) is 25.8 Å². The minimum absolute atomic E-state index is 0.528. The maximum atomic E-state index is 5.13. The summed E-state index contributed by atoms with van der Waals surface area (Å²) in [6, 6.07) is 0.528. The molecule has 0 bridgehead atoms. The van der Waals surface area contributed by atoms with Crippen LogP contribution in [0.1, 0.15) is 32.6 Å². The van der Waals surface area contributed by atoms with Crippen LogP contribution in [0.4, 0.5) is 0 Å². The molecule has 1 unspecified atom stereocenters. The maximum absolute atomic E-state index is 5.13. The van der Waals surface area contributed by atoms with E-state index in [4.69, 9.17) is 4.74 Å². The molecule has 0 saturated heterocycles. The molecule has 0 heterocycles. The van der Waals surface area contributed by atoms with Crippen molar-refractivity contribution < 1.29 is 4.74 Å². The molecule has 1 N–H and O–H groups in total. The van der Waals surface area contributed by atoms with E-state index in [1.165, 1.54) is 19.3 Å². The van der Waals surface area contributed by atoms with Gasteiger partial charge in [0.2, 0.25) is 0 Å². The Morgan fingerprint density at radius 2 is 2.31 bits per heavy atom. The van der Waals surface area contributed by atoms with E-state index in [0.717, 1.165) is 19.6 Å². The summed E-state index contributed by atoms with van der Waals surface area (Å²) in [5.41, 5.74) is 0. The first-order chi connectivity index (χ1) is 6.35. The molecule has 2 nitrogen and oxygen atoms in total. The van der Waals surface area contributed by atoms with Crippen LogP contribution in [-0.2, 0) is 4.74 Å². The molecule has 78 valence electrons. The second kappa shape index (κ2) is 9.75. The highest BCUT2D eigenvalue weighted by molar-refractivity contribution is 4.69. The molecule has 0 saturated carbocycles. The van der Waals surface area contributed by atoms with Gasteiger partial charge in [0, 0.05) is 13.2 Å². The van der Waals surface area contributed by atoms with Gasteiger partial charge < -0.3 is 10.1 Å². The van der Waals surface area contributed by atoms with Crippen molar-refractivity contribution in [3.05, 3.63) is 12.7 Å². The van der Waals surface area contributed by atoms with E-state index < -0.39 is 0 Å². The van der Waals surface area contributed by atoms with Crippen molar-refractivity contribution in [2.45, 2.75) is 38.6 Å². The van der Waals surface area contributed by atoms with Crippen LogP contribution >= 0.6 is 0 Å². The zero-order chi connectivity index (χ0) is 9.94. The molecule has 0 aromatic carbocycles. The first kappa shape index (κ1) is 12.7. The summed E-state index contributed by atoms with van der Waals surface area (Å²) in [5.74, 6) is 0. The highest BCUT2D eigenvalue weighted by Gasteiger charge is 2.04. The van der Waals surface area contributed by atoms with Crippen LogP contribution in [0.5, 0.6) is 0 Å². The van der Waals surface area contributed by atoms with E-state index in [-0.39, 0.29) is 0 Å². The first-order valence-corrected chi connectivity index (χ1v) is 5.18. The number of nitrogens with one attached hydrogen (secondary N) is 1. The van der Waals surface area contributed by atoms with Crippen molar-refractivity contribution in [1.29, 1.82) is 0 Å². The Morgan fingerprint density at radius 1 is 1.54 bits per heavy atom. The van der Waals surface area contributed by atoms with Crippen molar-refractivity contribution in [1.82, 2.24) is 5.32 Å². The SMILES string of the molecule is C=CCCCNC(CCC)COC. The second-order valence-electron chi connectivity index (χ2n) is 3.33. The molecule has 0 radical (unpaired) electrons. The molecular formula is C11H23NO. The lowest BCUT2D eigenvalue weighted by Gasteiger charge is -2.16. The average molecular weight is 185 g/mol. The minimum atomic E-state index is 0.528. The molecule has 0 aliphatic carbocycles. The number of hydrogen-bond donors (Lipinski definition) is 1. The van der Waals surface area contributed by atoms with Crippen LogP contribution in [-0.4, -0.2) is 26.3 Å². The molecule has 0 aliphatic heterocycles. The topological polar surface area (TPSA) is 21.3 Å². The van der Waals surface area contributed by atoms with Crippen LogP contribution in [0, 0.1) is 0 Å². The van der Waals surface area contributed by atoms with Crippen molar-refractivity contribution in [2.24, 2.45) is 0 Å². The Hall–Kier alpha value is -0.340. The third-order valence-corrected chi connectivity index (χ3v) is 2.02. The molecule has 0 aromatic heterocycles. The fraction of sp³-hybridized carbons (Fsp3) is 0.818. The summed E-state index contributed by atoms with van der Waals surface area (Å²) in [6.45, 7) is 7.79. The van der Waals surface area contributed by atoms with Crippen molar-refractivity contribution in [2.75, 3.05) is 20.3 Å². The number of hydrogen-bond acceptors (Lipinski definition) is 2. The number of ether oxygens (including phenoxy) is 1. The van der Waals surface area contributed by atoms with Gasteiger partial charge in [0.15, 0.2) is 0 Å². The van der Waals surface area contributed by atoms with E-state index in [0.29, 0.717) is 6.04 Å². The van der Waals surface area contributed by atoms with Crippen LogP contribution in [0.15, 0.2) is 12.7 Å². The molecule has 2 heteroatoms. The summed E-state index contributed by atoms with van der Waals surface area (Å²) in [7, 11) is 1.76. The molecule has 0 fully saturated rings. The van der Waals surface area contributed by atoms with Gasteiger partial charge in [0.05, 0.1) is 6.61 Å². The lowest BCUT2D eigenvalue weighted by molar-refractivity contribution is 0.162. The average Bonchev–Trinajstić information content (AvgIpc) is 2.13. The quantitative estimate of drug-likeness (QED) is 0.440. The molecule has 0 spiro atoms. The van der Waals surface area contributed by atoms with E-state index >= 15 is 0 Å². The number of allylic oxidation sites excluding steroid dienone is 1. The summed E-state index contributed by atoms with van der Waals surface area (Å²) in [5, 5.41) is 3.48. The van der Waals surface area contributed by atoms with Crippen molar-refractivity contribution in [3.8, 4) is 0 Å². The minimum Gasteiger partial charge on any atom is -0.383 e. The third kappa shape index (κ3) is 8.00. The highest BCUT2D eigenvalue weighted by Crippen LogP contribution is 1.97. The van der Waals surface area contributed by atoms with E-state index in [9.17, 15) is 0 Å². The Labute approximate surface area is 82.4 Å². The predicted molar refractivity (Wildman–Crippen MR) is 58.0 cm³/mol.